The zero-order chi connectivity index (χ0) is 24.1. The summed E-state index contributed by atoms with van der Waals surface area (Å²) >= 11 is 6.92. The van der Waals surface area contributed by atoms with E-state index in [1.807, 2.05) is 6.92 Å². The number of hydrogen-bond acceptors (Lipinski definition) is 7. The van der Waals surface area contributed by atoms with Crippen LogP contribution in [0.2, 0.25) is 0 Å². The number of ether oxygens (including phenoxy) is 3. The number of nitrogens with zero attached hydrogens (tertiary/aromatic N) is 1. The minimum absolute atomic E-state index is 0.0281. The monoisotopic (exact) mass is 580 g/mol. The lowest BCUT2D eigenvalue weighted by Gasteiger charge is -2.15. The summed E-state index contributed by atoms with van der Waals surface area (Å²) < 4.78 is 22.3. The number of carbonyl (C=O) groups excluding carboxylic acids is 3. The van der Waals surface area contributed by atoms with Crippen LogP contribution in [-0.4, -0.2) is 43.1 Å². The molecule has 0 spiro atoms. The van der Waals surface area contributed by atoms with Crippen molar-refractivity contribution in [3.63, 3.8) is 0 Å². The Hall–Kier alpha value is -3.23. The first-order valence-corrected chi connectivity index (χ1v) is 11.1. The largest absolute Gasteiger partial charge is 0.490 e. The molecule has 1 fully saturated rings. The van der Waals surface area contributed by atoms with Crippen LogP contribution < -0.4 is 14.8 Å². The number of terminal acetylenes is 1. The average Bonchev–Trinajstić information content (AvgIpc) is 3.37. The lowest BCUT2D eigenvalue weighted by Crippen LogP contribution is -2.30. The molecule has 1 aromatic carbocycles. The van der Waals surface area contributed by atoms with Gasteiger partial charge in [0.1, 0.15) is 18.1 Å². The van der Waals surface area contributed by atoms with Crippen molar-refractivity contribution in [1.82, 2.24) is 10.2 Å². The van der Waals surface area contributed by atoms with Crippen molar-refractivity contribution in [2.45, 2.75) is 13.5 Å². The summed E-state index contributed by atoms with van der Waals surface area (Å²) in [6.45, 7) is 2.07. The van der Waals surface area contributed by atoms with Crippen LogP contribution in [0.4, 0.5) is 4.79 Å². The van der Waals surface area contributed by atoms with Gasteiger partial charge in [-0.15, -0.1) is 6.42 Å². The molecule has 1 aliphatic rings. The molecule has 0 aliphatic carbocycles. The first-order valence-electron chi connectivity index (χ1n) is 9.53. The van der Waals surface area contributed by atoms with Crippen LogP contribution in [0.1, 0.15) is 28.8 Å². The van der Waals surface area contributed by atoms with E-state index in [9.17, 15) is 14.4 Å². The normalized spacial score (nSPS) is 14.3. The molecule has 1 saturated heterocycles. The highest BCUT2D eigenvalue weighted by Crippen LogP contribution is 2.43. The lowest BCUT2D eigenvalue weighted by atomic mass is 10.1. The number of esters is 1. The SMILES string of the molecule is C#CCOc1c(OCC)cc(/C=C2\NC(=O)N(Cc3ccc(C(=O)OC)o3)C2=O)c(Br)c1Br. The molecule has 3 amide bonds. The van der Waals surface area contributed by atoms with Gasteiger partial charge >= 0.3 is 12.0 Å². The van der Waals surface area contributed by atoms with E-state index in [0.29, 0.717) is 32.6 Å². The van der Waals surface area contributed by atoms with Crippen molar-refractivity contribution in [2.75, 3.05) is 20.3 Å². The third-order valence-corrected chi connectivity index (χ3v) is 6.52. The van der Waals surface area contributed by atoms with Gasteiger partial charge in [0, 0.05) is 4.47 Å². The number of carbonyl (C=O) groups is 3. The molecule has 1 N–H and O–H groups in total. The Morgan fingerprint density at radius 3 is 2.70 bits per heavy atom. The first-order chi connectivity index (χ1) is 15.8. The summed E-state index contributed by atoms with van der Waals surface area (Å²) in [7, 11) is 1.22. The fourth-order valence-corrected chi connectivity index (χ4v) is 3.87. The third kappa shape index (κ3) is 5.23. The van der Waals surface area contributed by atoms with Gasteiger partial charge in [-0.2, -0.15) is 0 Å². The second-order valence-corrected chi connectivity index (χ2v) is 8.07. The van der Waals surface area contributed by atoms with Crippen LogP contribution in [0.3, 0.4) is 0 Å². The fraction of sp³-hybridized carbons (Fsp3) is 0.227. The van der Waals surface area contributed by atoms with Gasteiger partial charge in [0.2, 0.25) is 5.76 Å². The van der Waals surface area contributed by atoms with Crippen LogP contribution in [0.15, 0.2) is 37.3 Å². The number of amides is 3. The molecule has 3 rings (SSSR count). The molecule has 0 radical (unpaired) electrons. The summed E-state index contributed by atoms with van der Waals surface area (Å²) in [5.74, 6) is 2.21. The maximum absolute atomic E-state index is 12.9. The Labute approximate surface area is 206 Å². The number of benzene rings is 1. The summed E-state index contributed by atoms with van der Waals surface area (Å²) in [6, 6.07) is 3.93. The van der Waals surface area contributed by atoms with E-state index >= 15 is 0 Å². The van der Waals surface area contributed by atoms with Crippen LogP contribution in [-0.2, 0) is 16.1 Å². The maximum Gasteiger partial charge on any atom is 0.373 e. The van der Waals surface area contributed by atoms with E-state index in [1.165, 1.54) is 25.3 Å². The maximum atomic E-state index is 12.9. The zero-order valence-electron chi connectivity index (χ0n) is 17.6. The van der Waals surface area contributed by atoms with E-state index in [2.05, 4.69) is 47.8 Å². The summed E-state index contributed by atoms with van der Waals surface area (Å²) in [6.07, 6.45) is 6.79. The summed E-state index contributed by atoms with van der Waals surface area (Å²) in [4.78, 5) is 37.8. The number of rotatable bonds is 8. The molecular formula is C22H18Br2N2O7. The van der Waals surface area contributed by atoms with Gasteiger partial charge in [-0.1, -0.05) is 5.92 Å². The highest BCUT2D eigenvalue weighted by Gasteiger charge is 2.34. The predicted molar refractivity (Wildman–Crippen MR) is 124 cm³/mol. The highest BCUT2D eigenvalue weighted by atomic mass is 79.9. The van der Waals surface area contributed by atoms with E-state index < -0.39 is 17.9 Å². The van der Waals surface area contributed by atoms with Crippen LogP contribution >= 0.6 is 31.9 Å². The molecular weight excluding hydrogens is 564 g/mol. The van der Waals surface area contributed by atoms with E-state index in [-0.39, 0.29) is 30.4 Å². The standard InChI is InChI=1S/C22H18Br2N2O7/c1-4-8-32-19-16(31-5-2)10-12(17(23)18(19)24)9-14-20(27)26(22(29)25-14)11-13-6-7-15(33-13)21(28)30-3/h1,6-7,9-10H,5,8,11H2,2-3H3,(H,25,29)/b14-9-. The van der Waals surface area contributed by atoms with E-state index in [1.54, 1.807) is 6.07 Å². The Morgan fingerprint density at radius 2 is 2.03 bits per heavy atom. The van der Waals surface area contributed by atoms with Gasteiger partial charge < -0.3 is 23.9 Å². The minimum atomic E-state index is -0.658. The summed E-state index contributed by atoms with van der Waals surface area (Å²) in [5.41, 5.74) is 0.599. The van der Waals surface area contributed by atoms with Crippen molar-refractivity contribution < 1.29 is 33.0 Å². The Bertz CT molecular complexity index is 1180. The van der Waals surface area contributed by atoms with Gasteiger partial charge in [-0.05, 0) is 68.6 Å². The highest BCUT2D eigenvalue weighted by molar-refractivity contribution is 9.13. The number of hydrogen-bond donors (Lipinski definition) is 1. The van der Waals surface area contributed by atoms with Crippen LogP contribution in [0.5, 0.6) is 11.5 Å². The van der Waals surface area contributed by atoms with Gasteiger partial charge in [-0.25, -0.2) is 9.59 Å². The quantitative estimate of drug-likeness (QED) is 0.216. The van der Waals surface area contributed by atoms with E-state index in [0.717, 1.165) is 4.90 Å². The number of furan rings is 1. The molecule has 0 saturated carbocycles. The third-order valence-electron chi connectivity index (χ3n) is 4.38. The number of nitrogens with one attached hydrogen (secondary N) is 1. The molecule has 2 aromatic rings. The molecule has 11 heteroatoms. The molecule has 33 heavy (non-hydrogen) atoms. The molecule has 9 nitrogen and oxygen atoms in total. The molecule has 2 heterocycles. The van der Waals surface area contributed by atoms with Gasteiger partial charge in [0.05, 0.1) is 24.7 Å². The smallest absolute Gasteiger partial charge is 0.373 e. The van der Waals surface area contributed by atoms with Crippen molar-refractivity contribution >= 4 is 55.8 Å². The van der Waals surface area contributed by atoms with Crippen LogP contribution in [0, 0.1) is 12.3 Å². The zero-order valence-corrected chi connectivity index (χ0v) is 20.7. The van der Waals surface area contributed by atoms with Gasteiger partial charge in [0.15, 0.2) is 11.5 Å². The number of methoxy groups -OCH3 is 1. The van der Waals surface area contributed by atoms with E-state index in [4.69, 9.17) is 20.3 Å². The minimum Gasteiger partial charge on any atom is -0.490 e. The predicted octanol–water partition coefficient (Wildman–Crippen LogP) is 4.09. The molecule has 172 valence electrons. The Kier molecular flexibility index (Phi) is 7.84. The summed E-state index contributed by atoms with van der Waals surface area (Å²) in [5, 5.41) is 2.54. The topological polar surface area (TPSA) is 107 Å². The lowest BCUT2D eigenvalue weighted by molar-refractivity contribution is -0.123. The first kappa shape index (κ1) is 24.4. The number of urea groups is 1. The molecule has 0 unspecified atom stereocenters. The number of imide groups is 1. The Morgan fingerprint density at radius 1 is 1.27 bits per heavy atom. The van der Waals surface area contributed by atoms with Gasteiger partial charge in [0.25, 0.3) is 5.91 Å². The fourth-order valence-electron chi connectivity index (χ4n) is 2.92. The molecule has 1 aromatic heterocycles. The van der Waals surface area contributed by atoms with Gasteiger partial charge in [-0.3, -0.25) is 9.69 Å². The average molecular weight is 582 g/mol. The van der Waals surface area contributed by atoms with Crippen LogP contribution in [0.25, 0.3) is 6.08 Å². The molecule has 0 atom stereocenters. The second kappa shape index (κ2) is 10.6. The number of halogens is 2. The molecule has 0 bridgehead atoms. The molecule has 1 aliphatic heterocycles. The Balaban J connectivity index is 1.88. The van der Waals surface area contributed by atoms with Crippen molar-refractivity contribution in [3.8, 4) is 23.8 Å². The van der Waals surface area contributed by atoms with Crippen molar-refractivity contribution in [2.24, 2.45) is 0 Å². The van der Waals surface area contributed by atoms with Crippen molar-refractivity contribution in [3.05, 3.63) is 49.9 Å². The van der Waals surface area contributed by atoms with Crippen molar-refractivity contribution in [1.29, 1.82) is 0 Å². The second-order valence-electron chi connectivity index (χ2n) is 6.48.